The van der Waals surface area contributed by atoms with Crippen molar-refractivity contribution in [2.24, 2.45) is 23.7 Å². The molecule has 2 saturated heterocycles. The number of piperazine rings is 1. The Morgan fingerprint density at radius 2 is 1.43 bits per heavy atom. The largest absolute Gasteiger partial charge is 0.377 e. The Hall–Kier alpha value is -0.160. The Morgan fingerprint density at radius 1 is 0.821 bits per heavy atom. The van der Waals surface area contributed by atoms with E-state index in [-0.39, 0.29) is 0 Å². The number of likely N-dealkylation sites (tertiary alicyclic amines) is 1. The summed E-state index contributed by atoms with van der Waals surface area (Å²) < 4.78 is 5.70. The van der Waals surface area contributed by atoms with Crippen LogP contribution in [0.5, 0.6) is 0 Å². The van der Waals surface area contributed by atoms with Crippen molar-refractivity contribution in [1.29, 1.82) is 0 Å². The Kier molecular flexibility index (Phi) is 8.64. The lowest BCUT2D eigenvalue weighted by molar-refractivity contribution is 0.0109. The van der Waals surface area contributed by atoms with Crippen molar-refractivity contribution >= 4 is 0 Å². The first-order valence-electron chi connectivity index (χ1n) is 12.2. The molecular weight excluding hydrogens is 346 g/mol. The quantitative estimate of drug-likeness (QED) is 0.593. The summed E-state index contributed by atoms with van der Waals surface area (Å²) in [6.07, 6.45) is 6.13. The van der Waals surface area contributed by atoms with Crippen molar-refractivity contribution in [2.75, 3.05) is 59.0 Å². The van der Waals surface area contributed by atoms with Gasteiger partial charge in [-0.1, -0.05) is 20.8 Å². The third-order valence-electron chi connectivity index (χ3n) is 7.94. The highest BCUT2D eigenvalue weighted by Crippen LogP contribution is 2.37. The average Bonchev–Trinajstić information content (AvgIpc) is 2.65. The second-order valence-corrected chi connectivity index (χ2v) is 10.5. The van der Waals surface area contributed by atoms with E-state index in [2.05, 4.69) is 49.3 Å². The Bertz CT molecular complexity index is 433. The molecule has 0 aromatic rings. The molecule has 4 heteroatoms. The van der Waals surface area contributed by atoms with E-state index in [4.69, 9.17) is 4.74 Å². The van der Waals surface area contributed by atoms with E-state index in [1.807, 2.05) is 0 Å². The maximum atomic E-state index is 5.70. The van der Waals surface area contributed by atoms with Crippen LogP contribution in [-0.4, -0.2) is 85.8 Å². The summed E-state index contributed by atoms with van der Waals surface area (Å²) in [4.78, 5) is 8.12. The van der Waals surface area contributed by atoms with Gasteiger partial charge in [0.1, 0.15) is 0 Å². The molecule has 164 valence electrons. The molecule has 3 aliphatic rings. The van der Waals surface area contributed by atoms with E-state index in [0.29, 0.717) is 6.10 Å². The molecule has 28 heavy (non-hydrogen) atoms. The Labute approximate surface area is 175 Å². The molecule has 0 N–H and O–H groups in total. The van der Waals surface area contributed by atoms with Gasteiger partial charge in [-0.3, -0.25) is 4.90 Å². The van der Waals surface area contributed by atoms with Gasteiger partial charge in [-0.25, -0.2) is 0 Å². The number of ether oxygens (including phenoxy) is 1. The molecule has 4 nitrogen and oxygen atoms in total. The highest BCUT2D eigenvalue weighted by Gasteiger charge is 2.37. The van der Waals surface area contributed by atoms with Crippen LogP contribution in [0.1, 0.15) is 60.3 Å². The van der Waals surface area contributed by atoms with Crippen molar-refractivity contribution in [2.45, 2.75) is 72.4 Å². The summed E-state index contributed by atoms with van der Waals surface area (Å²) in [5, 5.41) is 0. The fourth-order valence-electron chi connectivity index (χ4n) is 5.48. The van der Waals surface area contributed by atoms with Crippen molar-refractivity contribution < 1.29 is 4.74 Å². The van der Waals surface area contributed by atoms with E-state index in [0.717, 1.165) is 42.9 Å². The summed E-state index contributed by atoms with van der Waals surface area (Å²) >= 11 is 0. The van der Waals surface area contributed by atoms with Gasteiger partial charge in [-0.15, -0.1) is 0 Å². The predicted molar refractivity (Wildman–Crippen MR) is 119 cm³/mol. The van der Waals surface area contributed by atoms with Crippen LogP contribution < -0.4 is 0 Å². The number of hydrogen-bond acceptors (Lipinski definition) is 4. The standard InChI is InChI=1S/C24H47N3O/c1-19(2)21(5)23-6-8-27(9-7-23)24-16-22(17-24)18-26-12-10-25(11-13-26)14-15-28-20(3)4/h19-24H,6-18H2,1-5H3. The zero-order valence-corrected chi connectivity index (χ0v) is 19.4. The molecule has 0 spiro atoms. The molecule has 0 bridgehead atoms. The fourth-order valence-corrected chi connectivity index (χ4v) is 5.48. The fraction of sp³-hybridized carbons (Fsp3) is 1.00. The lowest BCUT2D eigenvalue weighted by Crippen LogP contribution is -2.53. The molecule has 0 amide bonds. The third kappa shape index (κ3) is 6.42. The van der Waals surface area contributed by atoms with Crippen LogP contribution >= 0.6 is 0 Å². The summed E-state index contributed by atoms with van der Waals surface area (Å²) in [6.45, 7) is 22.5. The van der Waals surface area contributed by atoms with Gasteiger partial charge < -0.3 is 14.5 Å². The first-order valence-corrected chi connectivity index (χ1v) is 12.2. The minimum absolute atomic E-state index is 0.359. The van der Waals surface area contributed by atoms with Crippen LogP contribution in [0.4, 0.5) is 0 Å². The smallest absolute Gasteiger partial charge is 0.0596 e. The van der Waals surface area contributed by atoms with Crippen LogP contribution in [0.25, 0.3) is 0 Å². The van der Waals surface area contributed by atoms with Gasteiger partial charge in [-0.2, -0.15) is 0 Å². The van der Waals surface area contributed by atoms with Gasteiger partial charge in [0.15, 0.2) is 0 Å². The highest BCUT2D eigenvalue weighted by molar-refractivity contribution is 4.91. The topological polar surface area (TPSA) is 19.0 Å². The van der Waals surface area contributed by atoms with Crippen LogP contribution in [-0.2, 0) is 4.74 Å². The SMILES string of the molecule is CC(C)OCCN1CCN(CC2CC(N3CCC(C(C)C(C)C)CC3)C2)CC1. The second-order valence-electron chi connectivity index (χ2n) is 10.5. The predicted octanol–water partition coefficient (Wildman–Crippen LogP) is 3.81. The average molecular weight is 394 g/mol. The maximum Gasteiger partial charge on any atom is 0.0596 e. The van der Waals surface area contributed by atoms with Gasteiger partial charge >= 0.3 is 0 Å². The molecule has 1 atom stereocenters. The molecule has 3 rings (SSSR count). The number of piperidine rings is 1. The van der Waals surface area contributed by atoms with E-state index in [1.54, 1.807) is 0 Å². The van der Waals surface area contributed by atoms with Gasteiger partial charge in [0.25, 0.3) is 0 Å². The Balaban J connectivity index is 1.26. The van der Waals surface area contributed by atoms with Gasteiger partial charge in [-0.05, 0) is 76.3 Å². The monoisotopic (exact) mass is 393 g/mol. The van der Waals surface area contributed by atoms with Crippen LogP contribution in [0.3, 0.4) is 0 Å². The van der Waals surface area contributed by atoms with Gasteiger partial charge in [0, 0.05) is 45.3 Å². The highest BCUT2D eigenvalue weighted by atomic mass is 16.5. The molecule has 0 radical (unpaired) electrons. The van der Waals surface area contributed by atoms with Crippen LogP contribution in [0.2, 0.25) is 0 Å². The molecule has 1 aliphatic carbocycles. The minimum Gasteiger partial charge on any atom is -0.377 e. The lowest BCUT2D eigenvalue weighted by atomic mass is 9.75. The molecule has 0 aromatic carbocycles. The molecule has 3 fully saturated rings. The van der Waals surface area contributed by atoms with E-state index < -0.39 is 0 Å². The summed E-state index contributed by atoms with van der Waals surface area (Å²) in [5.74, 6) is 3.65. The Morgan fingerprint density at radius 3 is 2.00 bits per heavy atom. The molecule has 0 aromatic heterocycles. The summed E-state index contributed by atoms with van der Waals surface area (Å²) in [7, 11) is 0. The summed E-state index contributed by atoms with van der Waals surface area (Å²) in [5.41, 5.74) is 0. The number of rotatable bonds is 9. The minimum atomic E-state index is 0.359. The van der Waals surface area contributed by atoms with Crippen LogP contribution in [0, 0.1) is 23.7 Å². The zero-order valence-electron chi connectivity index (χ0n) is 19.4. The second kappa shape index (κ2) is 10.7. The lowest BCUT2D eigenvalue weighted by Gasteiger charge is -2.48. The van der Waals surface area contributed by atoms with E-state index >= 15 is 0 Å². The van der Waals surface area contributed by atoms with Crippen LogP contribution in [0.15, 0.2) is 0 Å². The van der Waals surface area contributed by atoms with Crippen molar-refractivity contribution in [1.82, 2.24) is 14.7 Å². The molecule has 1 unspecified atom stereocenters. The van der Waals surface area contributed by atoms with Crippen molar-refractivity contribution in [3.05, 3.63) is 0 Å². The zero-order chi connectivity index (χ0) is 20.1. The molecule has 2 heterocycles. The van der Waals surface area contributed by atoms with Gasteiger partial charge in [0.2, 0.25) is 0 Å². The first kappa shape index (κ1) is 22.5. The van der Waals surface area contributed by atoms with E-state index in [9.17, 15) is 0 Å². The normalized spacial score (nSPS) is 30.1. The first-order chi connectivity index (χ1) is 13.4. The van der Waals surface area contributed by atoms with E-state index in [1.165, 1.54) is 71.5 Å². The van der Waals surface area contributed by atoms with Crippen molar-refractivity contribution in [3.8, 4) is 0 Å². The number of hydrogen-bond donors (Lipinski definition) is 0. The van der Waals surface area contributed by atoms with Gasteiger partial charge in [0.05, 0.1) is 12.7 Å². The molecular formula is C24H47N3O. The summed E-state index contributed by atoms with van der Waals surface area (Å²) in [6, 6.07) is 0.898. The number of nitrogens with zero attached hydrogens (tertiary/aromatic N) is 3. The third-order valence-corrected chi connectivity index (χ3v) is 7.94. The molecule has 2 aliphatic heterocycles. The molecule has 1 saturated carbocycles. The van der Waals surface area contributed by atoms with Crippen molar-refractivity contribution in [3.63, 3.8) is 0 Å². The maximum absolute atomic E-state index is 5.70.